The van der Waals surface area contributed by atoms with E-state index in [1.807, 2.05) is 12.1 Å². The number of aryl methyl sites for hydroxylation is 3. The van der Waals surface area contributed by atoms with Crippen molar-refractivity contribution in [2.75, 3.05) is 31.1 Å². The van der Waals surface area contributed by atoms with E-state index in [4.69, 9.17) is 0 Å². The third-order valence-electron chi connectivity index (χ3n) is 5.06. The van der Waals surface area contributed by atoms with Gasteiger partial charge in [-0.15, -0.1) is 0 Å². The molecule has 1 aliphatic rings. The van der Waals surface area contributed by atoms with Crippen LogP contribution in [0.25, 0.3) is 0 Å². The summed E-state index contributed by atoms with van der Waals surface area (Å²) in [5.41, 5.74) is 4.87. The van der Waals surface area contributed by atoms with Crippen molar-refractivity contribution in [3.8, 4) is 0 Å². The number of sulfonamides is 1. The van der Waals surface area contributed by atoms with Crippen LogP contribution in [0.3, 0.4) is 0 Å². The summed E-state index contributed by atoms with van der Waals surface area (Å²) in [6.07, 6.45) is 0.912. The van der Waals surface area contributed by atoms with E-state index in [0.717, 1.165) is 25.1 Å². The second-order valence-corrected chi connectivity index (χ2v) is 8.60. The third-order valence-corrected chi connectivity index (χ3v) is 6.98. The van der Waals surface area contributed by atoms with Crippen LogP contribution in [0.1, 0.15) is 23.6 Å². The fourth-order valence-electron chi connectivity index (χ4n) is 3.16. The average molecular weight is 359 g/mol. The number of hydrogen-bond donors (Lipinski definition) is 0. The second-order valence-electron chi connectivity index (χ2n) is 6.66. The number of rotatable bonds is 4. The maximum absolute atomic E-state index is 12.8. The van der Waals surface area contributed by atoms with Crippen LogP contribution >= 0.6 is 0 Å². The molecule has 0 N–H and O–H groups in total. The Morgan fingerprint density at radius 1 is 0.880 bits per heavy atom. The highest BCUT2D eigenvalue weighted by atomic mass is 32.2. The monoisotopic (exact) mass is 358 g/mol. The van der Waals surface area contributed by atoms with Crippen molar-refractivity contribution in [1.29, 1.82) is 0 Å². The number of hydrogen-bond acceptors (Lipinski definition) is 3. The standard InChI is InChI=1S/C20H26N2O2S/c1-4-18-6-9-20(10-7-18)25(23,24)22-13-11-21(12-14-22)19-8-5-16(2)17(3)15-19/h5-10,15H,4,11-14H2,1-3H3. The van der Waals surface area contributed by atoms with E-state index in [1.165, 1.54) is 16.8 Å². The molecule has 0 amide bonds. The van der Waals surface area contributed by atoms with E-state index in [9.17, 15) is 8.42 Å². The highest BCUT2D eigenvalue weighted by Crippen LogP contribution is 2.23. The summed E-state index contributed by atoms with van der Waals surface area (Å²) in [4.78, 5) is 2.66. The van der Waals surface area contributed by atoms with Gasteiger partial charge in [-0.2, -0.15) is 4.31 Å². The largest absolute Gasteiger partial charge is 0.369 e. The molecule has 0 unspecified atom stereocenters. The molecular weight excluding hydrogens is 332 g/mol. The normalized spacial score (nSPS) is 16.2. The van der Waals surface area contributed by atoms with Gasteiger partial charge in [-0.05, 0) is 61.2 Å². The van der Waals surface area contributed by atoms with Crippen LogP contribution in [0, 0.1) is 13.8 Å². The molecule has 0 atom stereocenters. The van der Waals surface area contributed by atoms with Gasteiger partial charge in [0.05, 0.1) is 4.90 Å². The van der Waals surface area contributed by atoms with Crippen molar-refractivity contribution in [2.45, 2.75) is 32.1 Å². The molecule has 0 saturated carbocycles. The Balaban J connectivity index is 1.71. The van der Waals surface area contributed by atoms with Crippen LogP contribution < -0.4 is 4.90 Å². The zero-order valence-electron chi connectivity index (χ0n) is 15.2. The van der Waals surface area contributed by atoms with Crippen LogP contribution in [-0.4, -0.2) is 38.9 Å². The zero-order valence-corrected chi connectivity index (χ0v) is 16.0. The molecule has 0 aromatic heterocycles. The number of benzene rings is 2. The van der Waals surface area contributed by atoms with Crippen molar-refractivity contribution < 1.29 is 8.42 Å². The van der Waals surface area contributed by atoms with Gasteiger partial charge in [0.2, 0.25) is 10.0 Å². The lowest BCUT2D eigenvalue weighted by Gasteiger charge is -2.35. The molecule has 2 aromatic rings. The minimum absolute atomic E-state index is 0.393. The molecule has 1 fully saturated rings. The molecule has 4 nitrogen and oxygen atoms in total. The Bertz CT molecular complexity index is 836. The predicted octanol–water partition coefficient (Wildman–Crippen LogP) is 3.38. The van der Waals surface area contributed by atoms with Crippen LogP contribution in [0.15, 0.2) is 47.4 Å². The molecule has 1 heterocycles. The Morgan fingerprint density at radius 3 is 2.08 bits per heavy atom. The summed E-state index contributed by atoms with van der Waals surface area (Å²) in [6, 6.07) is 13.7. The molecule has 0 spiro atoms. The Morgan fingerprint density at radius 2 is 1.52 bits per heavy atom. The summed E-state index contributed by atoms with van der Waals surface area (Å²) in [5, 5.41) is 0. The number of nitrogens with zero attached hydrogens (tertiary/aromatic N) is 2. The summed E-state index contributed by atoms with van der Waals surface area (Å²) in [5.74, 6) is 0. The van der Waals surface area contributed by atoms with Gasteiger partial charge in [0.1, 0.15) is 0 Å². The Kier molecular flexibility index (Phi) is 5.16. The fraction of sp³-hybridized carbons (Fsp3) is 0.400. The highest BCUT2D eigenvalue weighted by molar-refractivity contribution is 7.89. The van der Waals surface area contributed by atoms with Crippen LogP contribution in [0.5, 0.6) is 0 Å². The highest BCUT2D eigenvalue weighted by Gasteiger charge is 2.28. The second kappa shape index (κ2) is 7.18. The van der Waals surface area contributed by atoms with Gasteiger partial charge in [0.25, 0.3) is 0 Å². The first-order chi connectivity index (χ1) is 11.9. The van der Waals surface area contributed by atoms with E-state index in [1.54, 1.807) is 16.4 Å². The van der Waals surface area contributed by atoms with Gasteiger partial charge >= 0.3 is 0 Å². The first kappa shape index (κ1) is 18.0. The first-order valence-corrected chi connectivity index (χ1v) is 10.3. The SMILES string of the molecule is CCc1ccc(S(=O)(=O)N2CCN(c3ccc(C)c(C)c3)CC2)cc1. The summed E-state index contributed by atoms with van der Waals surface area (Å²) in [7, 11) is -3.40. The third kappa shape index (κ3) is 3.72. The Hall–Kier alpha value is -1.85. The van der Waals surface area contributed by atoms with Crippen molar-refractivity contribution in [1.82, 2.24) is 4.31 Å². The molecule has 0 aliphatic carbocycles. The maximum atomic E-state index is 12.8. The van der Waals surface area contributed by atoms with Crippen molar-refractivity contribution in [3.63, 3.8) is 0 Å². The molecule has 134 valence electrons. The zero-order chi connectivity index (χ0) is 18.0. The predicted molar refractivity (Wildman–Crippen MR) is 103 cm³/mol. The van der Waals surface area contributed by atoms with Gasteiger partial charge in [-0.3, -0.25) is 0 Å². The molecule has 2 aromatic carbocycles. The first-order valence-electron chi connectivity index (χ1n) is 8.83. The average Bonchev–Trinajstić information content (AvgIpc) is 2.64. The van der Waals surface area contributed by atoms with Crippen LogP contribution in [-0.2, 0) is 16.4 Å². The van der Waals surface area contributed by atoms with E-state index < -0.39 is 10.0 Å². The van der Waals surface area contributed by atoms with E-state index in [0.29, 0.717) is 18.0 Å². The number of piperazine rings is 1. The minimum Gasteiger partial charge on any atom is -0.369 e. The molecule has 0 radical (unpaired) electrons. The van der Waals surface area contributed by atoms with Crippen LogP contribution in [0.4, 0.5) is 5.69 Å². The molecule has 3 rings (SSSR count). The molecule has 1 aliphatic heterocycles. The van der Waals surface area contributed by atoms with Crippen LogP contribution in [0.2, 0.25) is 0 Å². The molecule has 25 heavy (non-hydrogen) atoms. The molecule has 0 bridgehead atoms. The van der Waals surface area contributed by atoms with Gasteiger partial charge in [-0.25, -0.2) is 8.42 Å². The number of anilines is 1. The van der Waals surface area contributed by atoms with Gasteiger partial charge in [-0.1, -0.05) is 25.1 Å². The quantitative estimate of drug-likeness (QED) is 0.841. The summed E-state index contributed by atoms with van der Waals surface area (Å²) >= 11 is 0. The topological polar surface area (TPSA) is 40.6 Å². The van der Waals surface area contributed by atoms with Gasteiger partial charge in [0.15, 0.2) is 0 Å². The fourth-order valence-corrected chi connectivity index (χ4v) is 4.58. The lowest BCUT2D eigenvalue weighted by Crippen LogP contribution is -2.48. The van der Waals surface area contributed by atoms with Gasteiger partial charge < -0.3 is 4.90 Å². The van der Waals surface area contributed by atoms with E-state index >= 15 is 0 Å². The molecular formula is C20H26N2O2S. The van der Waals surface area contributed by atoms with E-state index in [2.05, 4.69) is 43.9 Å². The lowest BCUT2D eigenvalue weighted by atomic mass is 10.1. The van der Waals surface area contributed by atoms with Crippen molar-refractivity contribution in [2.24, 2.45) is 0 Å². The minimum atomic E-state index is -3.40. The maximum Gasteiger partial charge on any atom is 0.243 e. The smallest absolute Gasteiger partial charge is 0.243 e. The van der Waals surface area contributed by atoms with Gasteiger partial charge in [0, 0.05) is 31.9 Å². The van der Waals surface area contributed by atoms with Crippen molar-refractivity contribution in [3.05, 3.63) is 59.2 Å². The van der Waals surface area contributed by atoms with Crippen molar-refractivity contribution >= 4 is 15.7 Å². The summed E-state index contributed by atoms with van der Waals surface area (Å²) < 4.78 is 27.3. The van der Waals surface area contributed by atoms with E-state index in [-0.39, 0.29) is 0 Å². The molecule has 5 heteroatoms. The summed E-state index contributed by atoms with van der Waals surface area (Å²) in [6.45, 7) is 8.75. The lowest BCUT2D eigenvalue weighted by molar-refractivity contribution is 0.385. The molecule has 1 saturated heterocycles. The Labute approximate surface area is 151 Å².